The fourth-order valence-corrected chi connectivity index (χ4v) is 2.22. The van der Waals surface area contributed by atoms with Gasteiger partial charge in [0.1, 0.15) is 0 Å². The Bertz CT molecular complexity index is 394. The Morgan fingerprint density at radius 1 is 1.22 bits per heavy atom. The molecule has 0 unspecified atom stereocenters. The minimum absolute atomic E-state index is 0.0400. The van der Waals surface area contributed by atoms with Gasteiger partial charge in [-0.15, -0.1) is 0 Å². The Balaban J connectivity index is 2.00. The van der Waals surface area contributed by atoms with Crippen LogP contribution in [0.3, 0.4) is 0 Å². The lowest BCUT2D eigenvalue weighted by atomic mass is 10.0. The van der Waals surface area contributed by atoms with Crippen molar-refractivity contribution in [1.29, 1.82) is 0 Å². The Morgan fingerprint density at radius 3 is 2.28 bits per heavy atom. The molecule has 1 saturated heterocycles. The van der Waals surface area contributed by atoms with Crippen molar-refractivity contribution >= 4 is 5.91 Å². The van der Waals surface area contributed by atoms with Gasteiger partial charge in [0.2, 0.25) is 0 Å². The van der Waals surface area contributed by atoms with Crippen LogP contribution >= 0.6 is 0 Å². The van der Waals surface area contributed by atoms with E-state index in [-0.39, 0.29) is 5.91 Å². The number of methoxy groups -OCH3 is 2. The summed E-state index contributed by atoms with van der Waals surface area (Å²) in [6.07, 6.45) is 4.64. The van der Waals surface area contributed by atoms with Crippen molar-refractivity contribution < 1.29 is 14.3 Å². The smallest absolute Gasteiger partial charge is 0.253 e. The van der Waals surface area contributed by atoms with Crippen molar-refractivity contribution in [2.75, 3.05) is 27.3 Å². The van der Waals surface area contributed by atoms with Gasteiger partial charge in [-0.1, -0.05) is 0 Å². The molecule has 1 aromatic rings. The van der Waals surface area contributed by atoms with Crippen LogP contribution in [0.2, 0.25) is 0 Å². The predicted octanol–water partition coefficient (Wildman–Crippen LogP) is 1.31. The number of carbonyl (C=O) groups is 1. The van der Waals surface area contributed by atoms with Crippen LogP contribution in [0.1, 0.15) is 23.2 Å². The summed E-state index contributed by atoms with van der Waals surface area (Å²) in [5.41, 5.74) is 0.673. The summed E-state index contributed by atoms with van der Waals surface area (Å²) in [6.45, 7) is 1.28. The molecule has 0 atom stereocenters. The van der Waals surface area contributed by atoms with E-state index >= 15 is 0 Å². The number of hydrogen-bond donors (Lipinski definition) is 0. The van der Waals surface area contributed by atoms with Crippen LogP contribution in [0.25, 0.3) is 0 Å². The van der Waals surface area contributed by atoms with Gasteiger partial charge < -0.3 is 14.4 Å². The summed E-state index contributed by atoms with van der Waals surface area (Å²) in [4.78, 5) is 17.9. The maximum absolute atomic E-state index is 12.2. The summed E-state index contributed by atoms with van der Waals surface area (Å²) < 4.78 is 10.8. The fourth-order valence-electron chi connectivity index (χ4n) is 2.22. The zero-order valence-electron chi connectivity index (χ0n) is 10.8. The first-order valence-electron chi connectivity index (χ1n) is 6.00. The predicted molar refractivity (Wildman–Crippen MR) is 66.1 cm³/mol. The quantitative estimate of drug-likeness (QED) is 0.759. The lowest BCUT2D eigenvalue weighted by Crippen LogP contribution is -2.48. The molecule has 5 nitrogen and oxygen atoms in total. The molecule has 0 aliphatic carbocycles. The Hall–Kier alpha value is -1.46. The number of aromatic nitrogens is 1. The molecule has 98 valence electrons. The van der Waals surface area contributed by atoms with Crippen molar-refractivity contribution in [2.24, 2.45) is 0 Å². The number of likely N-dealkylation sites (tertiary alicyclic amines) is 1. The van der Waals surface area contributed by atoms with E-state index in [4.69, 9.17) is 9.47 Å². The lowest BCUT2D eigenvalue weighted by molar-refractivity contribution is -0.226. The highest BCUT2D eigenvalue weighted by Crippen LogP contribution is 2.26. The number of ether oxygens (including phenoxy) is 2. The molecule has 0 radical (unpaired) electrons. The van der Waals surface area contributed by atoms with Crippen LogP contribution in [0.5, 0.6) is 0 Å². The highest BCUT2D eigenvalue weighted by molar-refractivity contribution is 5.94. The van der Waals surface area contributed by atoms with Gasteiger partial charge in [0.15, 0.2) is 5.79 Å². The maximum atomic E-state index is 12.2. The average molecular weight is 250 g/mol. The van der Waals surface area contributed by atoms with Gasteiger partial charge >= 0.3 is 0 Å². The minimum Gasteiger partial charge on any atom is -0.353 e. The second-order valence-electron chi connectivity index (χ2n) is 4.35. The van der Waals surface area contributed by atoms with Crippen molar-refractivity contribution in [1.82, 2.24) is 9.88 Å². The Kier molecular flexibility index (Phi) is 3.93. The van der Waals surface area contributed by atoms with E-state index in [0.29, 0.717) is 31.5 Å². The summed E-state index contributed by atoms with van der Waals surface area (Å²) in [7, 11) is 3.29. The zero-order valence-corrected chi connectivity index (χ0v) is 10.8. The van der Waals surface area contributed by atoms with Crippen LogP contribution < -0.4 is 0 Å². The van der Waals surface area contributed by atoms with E-state index in [1.54, 1.807) is 38.7 Å². The van der Waals surface area contributed by atoms with E-state index in [2.05, 4.69) is 4.98 Å². The van der Waals surface area contributed by atoms with E-state index in [9.17, 15) is 4.79 Å². The molecule has 0 spiro atoms. The Morgan fingerprint density at radius 2 is 1.78 bits per heavy atom. The minimum atomic E-state index is -0.533. The average Bonchev–Trinajstić information content (AvgIpc) is 2.47. The van der Waals surface area contributed by atoms with Gasteiger partial charge in [0, 0.05) is 58.1 Å². The molecule has 1 amide bonds. The maximum Gasteiger partial charge on any atom is 0.253 e. The van der Waals surface area contributed by atoms with Crippen molar-refractivity contribution in [2.45, 2.75) is 18.6 Å². The normalized spacial score (nSPS) is 18.7. The Labute approximate surface area is 107 Å². The molecular weight excluding hydrogens is 232 g/mol. The molecule has 18 heavy (non-hydrogen) atoms. The van der Waals surface area contributed by atoms with Crippen LogP contribution in [-0.2, 0) is 9.47 Å². The summed E-state index contributed by atoms with van der Waals surface area (Å²) in [6, 6.07) is 3.47. The van der Waals surface area contributed by atoms with Gasteiger partial charge in [-0.3, -0.25) is 9.78 Å². The van der Waals surface area contributed by atoms with E-state index in [1.165, 1.54) is 0 Å². The highest BCUT2D eigenvalue weighted by Gasteiger charge is 2.36. The van der Waals surface area contributed by atoms with Gasteiger partial charge in [-0.05, 0) is 12.1 Å². The van der Waals surface area contributed by atoms with Crippen LogP contribution in [0.15, 0.2) is 24.5 Å². The third kappa shape index (κ3) is 2.52. The second-order valence-corrected chi connectivity index (χ2v) is 4.35. The van der Waals surface area contributed by atoms with Crippen molar-refractivity contribution in [3.8, 4) is 0 Å². The third-order valence-corrected chi connectivity index (χ3v) is 3.48. The first-order chi connectivity index (χ1) is 8.71. The molecule has 0 aromatic carbocycles. The molecule has 0 N–H and O–H groups in total. The van der Waals surface area contributed by atoms with Crippen LogP contribution in [-0.4, -0.2) is 48.9 Å². The number of amides is 1. The van der Waals surface area contributed by atoms with Crippen LogP contribution in [0.4, 0.5) is 0 Å². The second kappa shape index (κ2) is 5.46. The SMILES string of the molecule is COC1(OC)CCN(C(=O)c2ccncc2)CC1. The van der Waals surface area contributed by atoms with E-state index in [0.717, 1.165) is 0 Å². The molecule has 0 saturated carbocycles. The van der Waals surface area contributed by atoms with E-state index in [1.807, 2.05) is 4.90 Å². The number of hydrogen-bond acceptors (Lipinski definition) is 4. The standard InChI is InChI=1S/C13H18N2O3/c1-17-13(18-2)5-9-15(10-6-13)12(16)11-3-7-14-8-4-11/h3-4,7-8H,5-6,9-10H2,1-2H3. The molecule has 0 bridgehead atoms. The number of nitrogens with zero attached hydrogens (tertiary/aromatic N) is 2. The molecule has 2 rings (SSSR count). The summed E-state index contributed by atoms with van der Waals surface area (Å²) >= 11 is 0. The molecule has 2 heterocycles. The molecule has 5 heteroatoms. The highest BCUT2D eigenvalue weighted by atomic mass is 16.7. The number of pyridine rings is 1. The lowest BCUT2D eigenvalue weighted by Gasteiger charge is -2.39. The van der Waals surface area contributed by atoms with Gasteiger partial charge in [-0.2, -0.15) is 0 Å². The van der Waals surface area contributed by atoms with Crippen molar-refractivity contribution in [3.63, 3.8) is 0 Å². The largest absolute Gasteiger partial charge is 0.353 e. The first kappa shape index (κ1) is 13.0. The van der Waals surface area contributed by atoms with Gasteiger partial charge in [-0.25, -0.2) is 0 Å². The molecular formula is C13H18N2O3. The molecule has 1 aliphatic heterocycles. The molecule has 1 aromatic heterocycles. The fraction of sp³-hybridized carbons (Fsp3) is 0.538. The zero-order chi connectivity index (χ0) is 13.0. The summed E-state index contributed by atoms with van der Waals surface area (Å²) in [5, 5.41) is 0. The van der Waals surface area contributed by atoms with Gasteiger partial charge in [0.05, 0.1) is 0 Å². The topological polar surface area (TPSA) is 51.7 Å². The number of rotatable bonds is 3. The monoisotopic (exact) mass is 250 g/mol. The summed E-state index contributed by atoms with van der Waals surface area (Å²) in [5.74, 6) is -0.493. The van der Waals surface area contributed by atoms with Crippen LogP contribution in [0, 0.1) is 0 Å². The first-order valence-corrected chi connectivity index (χ1v) is 6.00. The molecule has 1 aliphatic rings. The number of carbonyl (C=O) groups excluding carboxylic acids is 1. The number of piperidine rings is 1. The van der Waals surface area contributed by atoms with E-state index < -0.39 is 5.79 Å². The van der Waals surface area contributed by atoms with Gasteiger partial charge in [0.25, 0.3) is 5.91 Å². The third-order valence-electron chi connectivity index (χ3n) is 3.48. The van der Waals surface area contributed by atoms with Crippen molar-refractivity contribution in [3.05, 3.63) is 30.1 Å². The molecule has 1 fully saturated rings.